The maximum Gasteiger partial charge on any atom is 0.236 e. The maximum atomic E-state index is 15.2. The van der Waals surface area contributed by atoms with E-state index in [1.165, 1.54) is 0 Å². The SMILES string of the molecule is C=C(CC)C1=C(c2cc(C)c(Br)c(F)c2CCC)C2(CCCNC2)C(=O)N1. The van der Waals surface area contributed by atoms with Gasteiger partial charge in [0.2, 0.25) is 5.91 Å². The summed E-state index contributed by atoms with van der Waals surface area (Å²) in [6.07, 6.45) is 3.90. The highest BCUT2D eigenvalue weighted by Crippen LogP contribution is 2.49. The molecule has 1 spiro atoms. The summed E-state index contributed by atoms with van der Waals surface area (Å²) in [5.74, 6) is -0.197. The van der Waals surface area contributed by atoms with Crippen LogP contribution in [0.3, 0.4) is 0 Å². The monoisotopic (exact) mass is 434 g/mol. The van der Waals surface area contributed by atoms with Crippen LogP contribution in [0.4, 0.5) is 4.39 Å². The Morgan fingerprint density at radius 1 is 1.41 bits per heavy atom. The van der Waals surface area contributed by atoms with Crippen LogP contribution in [0.25, 0.3) is 5.57 Å². The molecule has 2 N–H and O–H groups in total. The van der Waals surface area contributed by atoms with Crippen molar-refractivity contribution in [1.29, 1.82) is 0 Å². The van der Waals surface area contributed by atoms with Gasteiger partial charge >= 0.3 is 0 Å². The minimum absolute atomic E-state index is 0.0118. The van der Waals surface area contributed by atoms with Crippen molar-refractivity contribution in [2.24, 2.45) is 5.41 Å². The van der Waals surface area contributed by atoms with Gasteiger partial charge in [-0.1, -0.05) is 32.9 Å². The second kappa shape index (κ2) is 7.88. The van der Waals surface area contributed by atoms with E-state index in [4.69, 9.17) is 0 Å². The number of aryl methyl sites for hydroxylation is 1. The van der Waals surface area contributed by atoms with Crippen LogP contribution in [-0.4, -0.2) is 19.0 Å². The smallest absolute Gasteiger partial charge is 0.236 e. The van der Waals surface area contributed by atoms with Gasteiger partial charge in [-0.3, -0.25) is 4.79 Å². The van der Waals surface area contributed by atoms with E-state index in [9.17, 15) is 4.79 Å². The molecule has 0 aliphatic carbocycles. The molecule has 0 saturated carbocycles. The summed E-state index contributed by atoms with van der Waals surface area (Å²) >= 11 is 3.40. The first-order valence-corrected chi connectivity index (χ1v) is 10.6. The molecule has 1 atom stereocenters. The average molecular weight is 435 g/mol. The Hall–Kier alpha value is -1.46. The van der Waals surface area contributed by atoms with Gasteiger partial charge in [0, 0.05) is 17.8 Å². The Bertz CT molecular complexity index is 822. The number of carbonyl (C=O) groups excluding carboxylic acids is 1. The lowest BCUT2D eigenvalue weighted by molar-refractivity contribution is -0.126. The van der Waals surface area contributed by atoms with Crippen LogP contribution in [0.15, 0.2) is 28.4 Å². The molecule has 1 saturated heterocycles. The van der Waals surface area contributed by atoms with E-state index in [1.807, 2.05) is 26.8 Å². The minimum Gasteiger partial charge on any atom is -0.325 e. The zero-order valence-corrected chi connectivity index (χ0v) is 18.0. The van der Waals surface area contributed by atoms with E-state index >= 15 is 4.39 Å². The Balaban J connectivity index is 2.33. The molecule has 0 aromatic heterocycles. The van der Waals surface area contributed by atoms with E-state index < -0.39 is 5.41 Å². The quantitative estimate of drug-likeness (QED) is 0.682. The van der Waals surface area contributed by atoms with Gasteiger partial charge in [0.15, 0.2) is 0 Å². The van der Waals surface area contributed by atoms with Gasteiger partial charge in [0.25, 0.3) is 0 Å². The molecular weight excluding hydrogens is 407 g/mol. The van der Waals surface area contributed by atoms with Gasteiger partial charge in [-0.25, -0.2) is 4.39 Å². The number of hydrogen-bond acceptors (Lipinski definition) is 2. The van der Waals surface area contributed by atoms with Gasteiger partial charge in [0.05, 0.1) is 9.89 Å². The van der Waals surface area contributed by atoms with Crippen LogP contribution in [0, 0.1) is 18.2 Å². The number of nitrogens with one attached hydrogen (secondary N) is 2. The summed E-state index contributed by atoms with van der Waals surface area (Å²) in [6.45, 7) is 11.7. The predicted molar refractivity (Wildman–Crippen MR) is 112 cm³/mol. The van der Waals surface area contributed by atoms with Crippen LogP contribution in [0.2, 0.25) is 0 Å². The topological polar surface area (TPSA) is 41.1 Å². The molecule has 2 aliphatic rings. The van der Waals surface area contributed by atoms with Crippen molar-refractivity contribution in [1.82, 2.24) is 10.6 Å². The zero-order chi connectivity index (χ0) is 19.8. The number of carbonyl (C=O) groups is 1. The van der Waals surface area contributed by atoms with Gasteiger partial charge < -0.3 is 10.6 Å². The van der Waals surface area contributed by atoms with E-state index in [2.05, 4.69) is 33.1 Å². The Morgan fingerprint density at radius 3 is 2.74 bits per heavy atom. The molecule has 146 valence electrons. The fourth-order valence-corrected chi connectivity index (χ4v) is 4.66. The third kappa shape index (κ3) is 3.29. The molecule has 2 heterocycles. The summed E-state index contributed by atoms with van der Waals surface area (Å²) in [5.41, 5.74) is 4.36. The van der Waals surface area contributed by atoms with Crippen LogP contribution in [0.5, 0.6) is 0 Å². The molecule has 0 bridgehead atoms. The Kier molecular flexibility index (Phi) is 5.92. The van der Waals surface area contributed by atoms with Crippen molar-refractivity contribution < 1.29 is 9.18 Å². The third-order valence-corrected chi connectivity index (χ3v) is 6.80. The molecule has 5 heteroatoms. The lowest BCUT2D eigenvalue weighted by Crippen LogP contribution is -2.46. The summed E-state index contributed by atoms with van der Waals surface area (Å²) in [4.78, 5) is 13.1. The van der Waals surface area contributed by atoms with E-state index in [0.29, 0.717) is 23.0 Å². The van der Waals surface area contributed by atoms with Crippen LogP contribution < -0.4 is 10.6 Å². The second-order valence-electron chi connectivity index (χ2n) is 7.62. The second-order valence-corrected chi connectivity index (χ2v) is 8.41. The molecule has 1 fully saturated rings. The maximum absolute atomic E-state index is 15.2. The van der Waals surface area contributed by atoms with E-state index in [0.717, 1.165) is 60.2 Å². The van der Waals surface area contributed by atoms with Gasteiger partial charge in [-0.15, -0.1) is 0 Å². The van der Waals surface area contributed by atoms with Crippen molar-refractivity contribution in [3.63, 3.8) is 0 Å². The fourth-order valence-electron chi connectivity index (χ4n) is 4.30. The van der Waals surface area contributed by atoms with Crippen LogP contribution in [-0.2, 0) is 11.2 Å². The Morgan fingerprint density at radius 2 is 2.15 bits per heavy atom. The molecule has 0 radical (unpaired) electrons. The number of amides is 1. The van der Waals surface area contributed by atoms with E-state index in [1.54, 1.807) is 0 Å². The number of halogens is 2. The predicted octanol–water partition coefficient (Wildman–Crippen LogP) is 5.03. The highest BCUT2D eigenvalue weighted by atomic mass is 79.9. The molecule has 1 aromatic rings. The average Bonchev–Trinajstić information content (AvgIpc) is 2.94. The van der Waals surface area contributed by atoms with Crippen molar-refractivity contribution >= 4 is 27.4 Å². The van der Waals surface area contributed by atoms with Crippen molar-refractivity contribution in [3.8, 4) is 0 Å². The van der Waals surface area contributed by atoms with Crippen molar-refractivity contribution in [2.75, 3.05) is 13.1 Å². The summed E-state index contributed by atoms with van der Waals surface area (Å²) < 4.78 is 15.7. The standard InChI is InChI=1S/C22H28BrFN2O/c1-5-8-15-16(11-14(4)18(23)19(15)24)17-20(13(3)6-2)26-21(27)22(17)9-7-10-25-12-22/h11,25H,3,5-10,12H2,1-2,4H3,(H,26,27). The molecule has 1 amide bonds. The van der Waals surface area contributed by atoms with Gasteiger partial charge in [0.1, 0.15) is 5.82 Å². The van der Waals surface area contributed by atoms with E-state index in [-0.39, 0.29) is 11.7 Å². The number of benzene rings is 1. The third-order valence-electron chi connectivity index (χ3n) is 5.83. The highest BCUT2D eigenvalue weighted by molar-refractivity contribution is 9.10. The molecule has 3 nitrogen and oxygen atoms in total. The first-order chi connectivity index (χ1) is 12.9. The first kappa shape index (κ1) is 20.3. The summed E-state index contributed by atoms with van der Waals surface area (Å²) in [7, 11) is 0. The largest absolute Gasteiger partial charge is 0.325 e. The summed E-state index contributed by atoms with van der Waals surface area (Å²) in [6, 6.07) is 2.03. The fraction of sp³-hybridized carbons (Fsp3) is 0.500. The lowest BCUT2D eigenvalue weighted by Gasteiger charge is -2.35. The molecular formula is C22H28BrFN2O. The van der Waals surface area contributed by atoms with Crippen molar-refractivity contribution in [2.45, 2.75) is 52.9 Å². The molecule has 1 unspecified atom stereocenters. The molecule has 2 aliphatic heterocycles. The normalized spacial score (nSPS) is 22.5. The number of hydrogen-bond donors (Lipinski definition) is 2. The first-order valence-electron chi connectivity index (χ1n) is 9.80. The lowest BCUT2D eigenvalue weighted by atomic mass is 9.70. The number of piperidine rings is 1. The van der Waals surface area contributed by atoms with Crippen LogP contribution >= 0.6 is 15.9 Å². The minimum atomic E-state index is -0.652. The molecule has 1 aromatic carbocycles. The van der Waals surface area contributed by atoms with Crippen LogP contribution in [0.1, 0.15) is 56.2 Å². The van der Waals surface area contributed by atoms with Gasteiger partial charge in [-0.05, 0) is 77.3 Å². The molecule has 27 heavy (non-hydrogen) atoms. The Labute approximate surface area is 169 Å². The zero-order valence-electron chi connectivity index (χ0n) is 16.4. The van der Waals surface area contributed by atoms with Gasteiger partial charge in [-0.2, -0.15) is 0 Å². The molecule has 3 rings (SSSR count). The number of allylic oxidation sites excluding steroid dienone is 1. The summed E-state index contributed by atoms with van der Waals surface area (Å²) in [5, 5.41) is 6.49. The van der Waals surface area contributed by atoms with Crippen molar-refractivity contribution in [3.05, 3.63) is 50.9 Å². The number of rotatable bonds is 5. The highest BCUT2D eigenvalue weighted by Gasteiger charge is 2.50.